The van der Waals surface area contributed by atoms with E-state index in [1.807, 2.05) is 18.4 Å². The maximum Gasteiger partial charge on any atom is 0.303 e. The fraction of sp³-hybridized carbons (Fsp3) is 0.400. The van der Waals surface area contributed by atoms with E-state index in [1.165, 1.54) is 11.3 Å². The highest BCUT2D eigenvalue weighted by atomic mass is 32.1. The van der Waals surface area contributed by atoms with Crippen LogP contribution in [0.3, 0.4) is 0 Å². The van der Waals surface area contributed by atoms with Gasteiger partial charge in [-0.3, -0.25) is 9.59 Å². The molecule has 0 saturated carbocycles. The van der Waals surface area contributed by atoms with Gasteiger partial charge < -0.3 is 10.4 Å². The third-order valence-electron chi connectivity index (χ3n) is 1.91. The molecule has 2 N–H and O–H groups in total. The Balaban J connectivity index is 2.31. The SMILES string of the molecule is Cc1ccsc1NC(=O)CCCC(=O)O. The van der Waals surface area contributed by atoms with Crippen molar-refractivity contribution >= 4 is 28.2 Å². The summed E-state index contributed by atoms with van der Waals surface area (Å²) in [7, 11) is 0. The molecule has 0 radical (unpaired) electrons. The van der Waals surface area contributed by atoms with Crippen molar-refractivity contribution in [1.29, 1.82) is 0 Å². The number of aryl methyl sites for hydroxylation is 1. The van der Waals surface area contributed by atoms with E-state index >= 15 is 0 Å². The molecule has 0 aliphatic carbocycles. The molecule has 0 unspecified atom stereocenters. The van der Waals surface area contributed by atoms with Crippen LogP contribution in [0, 0.1) is 6.92 Å². The van der Waals surface area contributed by atoms with Crippen molar-refractivity contribution in [3.05, 3.63) is 17.0 Å². The Morgan fingerprint density at radius 2 is 2.20 bits per heavy atom. The quantitative estimate of drug-likeness (QED) is 0.810. The first-order valence-electron chi connectivity index (χ1n) is 4.65. The fourth-order valence-corrected chi connectivity index (χ4v) is 1.93. The average Bonchev–Trinajstić information content (AvgIpc) is 2.51. The first-order valence-corrected chi connectivity index (χ1v) is 5.53. The minimum Gasteiger partial charge on any atom is -0.481 e. The van der Waals surface area contributed by atoms with Crippen molar-refractivity contribution in [2.45, 2.75) is 26.2 Å². The maximum absolute atomic E-state index is 11.3. The van der Waals surface area contributed by atoms with Crippen LogP contribution in [-0.4, -0.2) is 17.0 Å². The van der Waals surface area contributed by atoms with Gasteiger partial charge in [0.25, 0.3) is 0 Å². The Morgan fingerprint density at radius 3 is 2.73 bits per heavy atom. The molecule has 0 spiro atoms. The van der Waals surface area contributed by atoms with E-state index in [9.17, 15) is 9.59 Å². The summed E-state index contributed by atoms with van der Waals surface area (Å²) in [5.41, 5.74) is 1.03. The third-order valence-corrected chi connectivity index (χ3v) is 2.84. The van der Waals surface area contributed by atoms with Gasteiger partial charge in [0.1, 0.15) is 0 Å². The van der Waals surface area contributed by atoms with Gasteiger partial charge in [-0.05, 0) is 30.4 Å². The predicted octanol–water partition coefficient (Wildman–Crippen LogP) is 2.25. The van der Waals surface area contributed by atoms with Gasteiger partial charge in [-0.1, -0.05) is 0 Å². The van der Waals surface area contributed by atoms with E-state index in [1.54, 1.807) is 0 Å². The second-order valence-electron chi connectivity index (χ2n) is 3.23. The van der Waals surface area contributed by atoms with Gasteiger partial charge in [0.05, 0.1) is 5.00 Å². The van der Waals surface area contributed by atoms with Crippen molar-refractivity contribution < 1.29 is 14.7 Å². The lowest BCUT2D eigenvalue weighted by Crippen LogP contribution is -2.11. The lowest BCUT2D eigenvalue weighted by molar-refractivity contribution is -0.137. The Labute approximate surface area is 91.9 Å². The van der Waals surface area contributed by atoms with Crippen molar-refractivity contribution in [2.75, 3.05) is 5.32 Å². The normalized spacial score (nSPS) is 9.93. The van der Waals surface area contributed by atoms with Crippen LogP contribution in [0.25, 0.3) is 0 Å². The number of nitrogens with one attached hydrogen (secondary N) is 1. The first kappa shape index (κ1) is 11.7. The van der Waals surface area contributed by atoms with E-state index in [-0.39, 0.29) is 18.7 Å². The lowest BCUT2D eigenvalue weighted by atomic mass is 10.2. The van der Waals surface area contributed by atoms with Gasteiger partial charge >= 0.3 is 5.97 Å². The Morgan fingerprint density at radius 1 is 1.47 bits per heavy atom. The molecule has 1 amide bonds. The fourth-order valence-electron chi connectivity index (χ4n) is 1.09. The van der Waals surface area contributed by atoms with Gasteiger partial charge in [-0.2, -0.15) is 0 Å². The molecule has 1 aromatic heterocycles. The molecule has 1 heterocycles. The number of aliphatic carboxylic acids is 1. The zero-order chi connectivity index (χ0) is 11.3. The monoisotopic (exact) mass is 227 g/mol. The summed E-state index contributed by atoms with van der Waals surface area (Å²) >= 11 is 1.47. The third kappa shape index (κ3) is 4.12. The smallest absolute Gasteiger partial charge is 0.303 e. The number of anilines is 1. The molecule has 0 atom stereocenters. The van der Waals surface area contributed by atoms with Crippen molar-refractivity contribution in [1.82, 2.24) is 0 Å². The molecule has 1 aromatic rings. The molecular formula is C10H13NO3S. The van der Waals surface area contributed by atoms with E-state index in [0.29, 0.717) is 6.42 Å². The van der Waals surface area contributed by atoms with Crippen LogP contribution >= 0.6 is 11.3 Å². The van der Waals surface area contributed by atoms with Crippen molar-refractivity contribution in [2.24, 2.45) is 0 Å². The highest BCUT2D eigenvalue weighted by Crippen LogP contribution is 2.21. The zero-order valence-electron chi connectivity index (χ0n) is 8.45. The van der Waals surface area contributed by atoms with Gasteiger partial charge in [0, 0.05) is 12.8 Å². The minimum absolute atomic E-state index is 0.0385. The molecule has 82 valence electrons. The summed E-state index contributed by atoms with van der Waals surface area (Å²) in [4.78, 5) is 21.6. The predicted molar refractivity (Wildman–Crippen MR) is 59.2 cm³/mol. The number of carbonyl (C=O) groups excluding carboxylic acids is 1. The van der Waals surface area contributed by atoms with Crippen molar-refractivity contribution in [3.8, 4) is 0 Å². The van der Waals surface area contributed by atoms with Gasteiger partial charge in [-0.25, -0.2) is 0 Å². The highest BCUT2D eigenvalue weighted by Gasteiger charge is 2.06. The van der Waals surface area contributed by atoms with Crippen LogP contribution in [0.4, 0.5) is 5.00 Å². The molecule has 0 aliphatic rings. The minimum atomic E-state index is -0.866. The van der Waals surface area contributed by atoms with Crippen LogP contribution in [0.5, 0.6) is 0 Å². The number of amides is 1. The van der Waals surface area contributed by atoms with Crippen LogP contribution in [0.15, 0.2) is 11.4 Å². The molecular weight excluding hydrogens is 214 g/mol. The Bertz CT molecular complexity index is 359. The summed E-state index contributed by atoms with van der Waals surface area (Å²) in [6.07, 6.45) is 0.673. The molecule has 0 aromatic carbocycles. The number of hydrogen-bond acceptors (Lipinski definition) is 3. The van der Waals surface area contributed by atoms with Gasteiger partial charge in [0.15, 0.2) is 0 Å². The number of carboxylic acids is 1. The van der Waals surface area contributed by atoms with E-state index in [0.717, 1.165) is 10.6 Å². The number of carbonyl (C=O) groups is 2. The van der Waals surface area contributed by atoms with Gasteiger partial charge in [-0.15, -0.1) is 11.3 Å². The molecule has 0 fully saturated rings. The first-order chi connectivity index (χ1) is 7.09. The zero-order valence-corrected chi connectivity index (χ0v) is 9.26. The standard InChI is InChI=1S/C10H13NO3S/c1-7-5-6-15-10(7)11-8(12)3-2-4-9(13)14/h5-6H,2-4H2,1H3,(H,11,12)(H,13,14). The molecule has 0 aliphatic heterocycles. The van der Waals surface area contributed by atoms with E-state index in [2.05, 4.69) is 5.32 Å². The molecule has 1 rings (SSSR count). The summed E-state index contributed by atoms with van der Waals surface area (Å²) in [6.45, 7) is 1.92. The molecule has 15 heavy (non-hydrogen) atoms. The summed E-state index contributed by atoms with van der Waals surface area (Å²) < 4.78 is 0. The molecule has 0 saturated heterocycles. The van der Waals surface area contributed by atoms with Crippen LogP contribution in [0.2, 0.25) is 0 Å². The average molecular weight is 227 g/mol. The number of hydrogen-bond donors (Lipinski definition) is 2. The summed E-state index contributed by atoms with van der Waals surface area (Å²) in [6, 6.07) is 1.93. The molecule has 0 bridgehead atoms. The lowest BCUT2D eigenvalue weighted by Gasteiger charge is -2.02. The van der Waals surface area contributed by atoms with Gasteiger partial charge in [0.2, 0.25) is 5.91 Å². The largest absolute Gasteiger partial charge is 0.481 e. The van der Waals surface area contributed by atoms with E-state index in [4.69, 9.17) is 5.11 Å². The molecule has 4 nitrogen and oxygen atoms in total. The maximum atomic E-state index is 11.3. The number of thiophene rings is 1. The highest BCUT2D eigenvalue weighted by molar-refractivity contribution is 7.14. The van der Waals surface area contributed by atoms with Crippen LogP contribution in [0.1, 0.15) is 24.8 Å². The van der Waals surface area contributed by atoms with Crippen LogP contribution < -0.4 is 5.32 Å². The van der Waals surface area contributed by atoms with Crippen molar-refractivity contribution in [3.63, 3.8) is 0 Å². The van der Waals surface area contributed by atoms with E-state index < -0.39 is 5.97 Å². The number of rotatable bonds is 5. The molecule has 5 heteroatoms. The second kappa shape index (κ2) is 5.50. The van der Waals surface area contributed by atoms with Crippen LogP contribution in [-0.2, 0) is 9.59 Å². The second-order valence-corrected chi connectivity index (χ2v) is 4.14. The summed E-state index contributed by atoms with van der Waals surface area (Å²) in [5.74, 6) is -0.989. The Hall–Kier alpha value is -1.36. The Kier molecular flexibility index (Phi) is 4.30. The number of carboxylic acid groups (broad SMARTS) is 1. The topological polar surface area (TPSA) is 66.4 Å². The summed E-state index contributed by atoms with van der Waals surface area (Å²) in [5, 5.41) is 13.9.